The first kappa shape index (κ1) is 16.5. The van der Waals surface area contributed by atoms with Gasteiger partial charge in [-0.25, -0.2) is 0 Å². The van der Waals surface area contributed by atoms with Crippen LogP contribution in [-0.4, -0.2) is 6.04 Å². The van der Waals surface area contributed by atoms with Crippen molar-refractivity contribution in [3.8, 4) is 11.8 Å². The van der Waals surface area contributed by atoms with E-state index in [1.807, 2.05) is 0 Å². The molecule has 0 bridgehead atoms. The summed E-state index contributed by atoms with van der Waals surface area (Å²) >= 11 is 1.69. The highest BCUT2D eigenvalue weighted by Gasteiger charge is 2.08. The van der Waals surface area contributed by atoms with Crippen molar-refractivity contribution in [1.82, 2.24) is 5.32 Å². The van der Waals surface area contributed by atoms with Gasteiger partial charge in [-0.05, 0) is 29.0 Å². The minimum absolute atomic E-state index is 0.346. The van der Waals surface area contributed by atoms with E-state index in [1.165, 1.54) is 11.1 Å². The van der Waals surface area contributed by atoms with Crippen LogP contribution in [0.2, 0.25) is 0 Å². The van der Waals surface area contributed by atoms with E-state index in [-0.39, 0.29) is 0 Å². The van der Waals surface area contributed by atoms with Crippen molar-refractivity contribution in [3.05, 3.63) is 94.2 Å². The first-order valence-electron chi connectivity index (χ1n) is 8.22. The van der Waals surface area contributed by atoms with E-state index in [4.69, 9.17) is 0 Å². The number of thiophene rings is 1. The normalized spacial score (nSPS) is 11.5. The standard InChI is InChI=1S/C22H21NS/c1-3-8-19(9-4-1)16-22(13-7-12-21-14-15-24-18-21)23-17-20-10-5-2-6-11-20/h1-6,8-11,14-15,18,22-23H,13,16-17H2. The largest absolute Gasteiger partial charge is 0.309 e. The molecule has 120 valence electrons. The Morgan fingerprint density at radius 1 is 0.875 bits per heavy atom. The molecule has 0 saturated heterocycles. The number of hydrogen-bond donors (Lipinski definition) is 1. The number of benzene rings is 2. The zero-order valence-corrected chi connectivity index (χ0v) is 14.4. The predicted molar refractivity (Wildman–Crippen MR) is 103 cm³/mol. The van der Waals surface area contributed by atoms with Gasteiger partial charge in [0.1, 0.15) is 0 Å². The maximum Gasteiger partial charge on any atom is 0.0352 e. The maximum absolute atomic E-state index is 3.66. The zero-order valence-electron chi connectivity index (χ0n) is 13.6. The summed E-state index contributed by atoms with van der Waals surface area (Å²) in [4.78, 5) is 0. The van der Waals surface area contributed by atoms with E-state index in [1.54, 1.807) is 11.3 Å². The van der Waals surface area contributed by atoms with Crippen molar-refractivity contribution in [2.75, 3.05) is 0 Å². The molecule has 3 aromatic rings. The molecule has 0 spiro atoms. The van der Waals surface area contributed by atoms with Gasteiger partial charge in [-0.15, -0.1) is 0 Å². The topological polar surface area (TPSA) is 12.0 Å². The third-order valence-electron chi connectivity index (χ3n) is 3.86. The molecule has 0 amide bonds. The van der Waals surface area contributed by atoms with Crippen LogP contribution in [0.5, 0.6) is 0 Å². The van der Waals surface area contributed by atoms with Crippen molar-refractivity contribution >= 4 is 11.3 Å². The minimum Gasteiger partial charge on any atom is -0.309 e. The van der Waals surface area contributed by atoms with Crippen LogP contribution >= 0.6 is 11.3 Å². The van der Waals surface area contributed by atoms with Gasteiger partial charge in [-0.1, -0.05) is 72.5 Å². The van der Waals surface area contributed by atoms with E-state index in [0.29, 0.717) is 6.04 Å². The van der Waals surface area contributed by atoms with Gasteiger partial charge in [0.25, 0.3) is 0 Å². The van der Waals surface area contributed by atoms with Crippen LogP contribution in [0, 0.1) is 11.8 Å². The lowest BCUT2D eigenvalue weighted by Gasteiger charge is -2.16. The second-order valence-corrected chi connectivity index (χ2v) is 6.55. The minimum atomic E-state index is 0.346. The summed E-state index contributed by atoms with van der Waals surface area (Å²) in [6.07, 6.45) is 1.84. The van der Waals surface area contributed by atoms with Gasteiger partial charge in [0.05, 0.1) is 0 Å². The summed E-state index contributed by atoms with van der Waals surface area (Å²) < 4.78 is 0. The summed E-state index contributed by atoms with van der Waals surface area (Å²) in [5.74, 6) is 6.60. The van der Waals surface area contributed by atoms with Crippen LogP contribution < -0.4 is 5.32 Å². The molecule has 0 aliphatic carbocycles. The lowest BCUT2D eigenvalue weighted by atomic mass is 10.0. The Balaban J connectivity index is 1.63. The fourth-order valence-electron chi connectivity index (χ4n) is 2.59. The Morgan fingerprint density at radius 2 is 1.58 bits per heavy atom. The van der Waals surface area contributed by atoms with Gasteiger partial charge in [0.2, 0.25) is 0 Å². The lowest BCUT2D eigenvalue weighted by Crippen LogP contribution is -2.30. The Bertz CT molecular complexity index is 767. The summed E-state index contributed by atoms with van der Waals surface area (Å²) in [5.41, 5.74) is 3.77. The molecule has 1 atom stereocenters. The van der Waals surface area contributed by atoms with Crippen LogP contribution in [0.4, 0.5) is 0 Å². The van der Waals surface area contributed by atoms with Crippen molar-refractivity contribution < 1.29 is 0 Å². The number of nitrogens with one attached hydrogen (secondary N) is 1. The third kappa shape index (κ3) is 5.38. The molecule has 1 N–H and O–H groups in total. The molecule has 2 aromatic carbocycles. The van der Waals surface area contributed by atoms with Crippen molar-refractivity contribution in [2.45, 2.75) is 25.4 Å². The maximum atomic E-state index is 3.66. The van der Waals surface area contributed by atoms with Crippen molar-refractivity contribution in [1.29, 1.82) is 0 Å². The molecular weight excluding hydrogens is 310 g/mol. The van der Waals surface area contributed by atoms with Crippen molar-refractivity contribution in [3.63, 3.8) is 0 Å². The van der Waals surface area contributed by atoms with Crippen LogP contribution in [0.3, 0.4) is 0 Å². The predicted octanol–water partition coefficient (Wildman–Crippen LogP) is 4.89. The summed E-state index contributed by atoms with van der Waals surface area (Å²) in [7, 11) is 0. The van der Waals surface area contributed by atoms with Crippen molar-refractivity contribution in [2.24, 2.45) is 0 Å². The van der Waals surface area contributed by atoms with Crippen LogP contribution in [-0.2, 0) is 13.0 Å². The second-order valence-electron chi connectivity index (χ2n) is 5.77. The van der Waals surface area contributed by atoms with Gasteiger partial charge in [0.15, 0.2) is 0 Å². The van der Waals surface area contributed by atoms with Gasteiger partial charge in [0, 0.05) is 30.0 Å². The molecule has 1 aromatic heterocycles. The Hall–Kier alpha value is -2.34. The van der Waals surface area contributed by atoms with Gasteiger partial charge >= 0.3 is 0 Å². The molecule has 24 heavy (non-hydrogen) atoms. The monoisotopic (exact) mass is 331 g/mol. The third-order valence-corrected chi connectivity index (χ3v) is 4.55. The molecular formula is C22H21NS. The highest BCUT2D eigenvalue weighted by Crippen LogP contribution is 2.08. The van der Waals surface area contributed by atoms with Gasteiger partial charge < -0.3 is 5.32 Å². The Kier molecular flexibility index (Phi) is 6.25. The average molecular weight is 331 g/mol. The molecule has 1 nitrogen and oxygen atoms in total. The van der Waals surface area contributed by atoms with E-state index < -0.39 is 0 Å². The quantitative estimate of drug-likeness (QED) is 0.634. The van der Waals surface area contributed by atoms with Crippen LogP contribution in [0.15, 0.2) is 77.5 Å². The summed E-state index contributed by atoms with van der Waals surface area (Å²) in [6.45, 7) is 0.873. The zero-order chi connectivity index (χ0) is 16.5. The molecule has 1 unspecified atom stereocenters. The summed E-state index contributed by atoms with van der Waals surface area (Å²) in [5, 5.41) is 7.83. The molecule has 3 rings (SSSR count). The Labute approximate surface area is 148 Å². The molecule has 0 fully saturated rings. The molecule has 0 aliphatic heterocycles. The van der Waals surface area contributed by atoms with E-state index in [9.17, 15) is 0 Å². The van der Waals surface area contributed by atoms with E-state index in [2.05, 4.69) is 94.6 Å². The molecule has 2 heteroatoms. The van der Waals surface area contributed by atoms with E-state index in [0.717, 1.165) is 24.9 Å². The number of hydrogen-bond acceptors (Lipinski definition) is 2. The number of rotatable bonds is 6. The molecule has 1 heterocycles. The van der Waals surface area contributed by atoms with Gasteiger partial charge in [-0.2, -0.15) is 11.3 Å². The fraction of sp³-hybridized carbons (Fsp3) is 0.182. The smallest absolute Gasteiger partial charge is 0.0352 e. The highest BCUT2D eigenvalue weighted by atomic mass is 32.1. The van der Waals surface area contributed by atoms with E-state index >= 15 is 0 Å². The van der Waals surface area contributed by atoms with Crippen LogP contribution in [0.1, 0.15) is 23.1 Å². The molecule has 0 saturated carbocycles. The SMILES string of the molecule is C(#Cc1ccsc1)CC(Cc1ccccc1)NCc1ccccc1. The van der Waals surface area contributed by atoms with Crippen LogP contribution in [0.25, 0.3) is 0 Å². The highest BCUT2D eigenvalue weighted by molar-refractivity contribution is 7.08. The second kappa shape index (κ2) is 9.08. The Morgan fingerprint density at radius 3 is 2.25 bits per heavy atom. The molecule has 0 aliphatic rings. The summed E-state index contributed by atoms with van der Waals surface area (Å²) in [6, 6.07) is 23.6. The van der Waals surface area contributed by atoms with Gasteiger partial charge in [-0.3, -0.25) is 0 Å². The average Bonchev–Trinajstić information content (AvgIpc) is 3.15. The molecule has 0 radical (unpaired) electrons. The first-order chi connectivity index (χ1) is 11.9. The first-order valence-corrected chi connectivity index (χ1v) is 9.17. The fourth-order valence-corrected chi connectivity index (χ4v) is 3.17. The lowest BCUT2D eigenvalue weighted by molar-refractivity contribution is 0.517.